The van der Waals surface area contributed by atoms with E-state index in [2.05, 4.69) is 10.3 Å². The lowest BCUT2D eigenvalue weighted by Crippen LogP contribution is -2.38. The molecule has 168 valence electrons. The molecule has 0 aliphatic carbocycles. The first-order valence-electron chi connectivity index (χ1n) is 9.78. The van der Waals surface area contributed by atoms with Crippen LogP contribution >= 0.6 is 0 Å². The maximum Gasteiger partial charge on any atom is 0.416 e. The van der Waals surface area contributed by atoms with Gasteiger partial charge in [0.15, 0.2) is 0 Å². The van der Waals surface area contributed by atoms with E-state index < -0.39 is 29.3 Å². The number of ether oxygens (including phenoxy) is 1. The van der Waals surface area contributed by atoms with Crippen molar-refractivity contribution in [2.75, 3.05) is 13.1 Å². The summed E-state index contributed by atoms with van der Waals surface area (Å²) >= 11 is 0. The van der Waals surface area contributed by atoms with Crippen molar-refractivity contribution in [2.45, 2.75) is 45.5 Å². The zero-order valence-corrected chi connectivity index (χ0v) is 17.7. The van der Waals surface area contributed by atoms with Crippen LogP contribution in [0.4, 0.5) is 18.0 Å². The maximum atomic E-state index is 12.6. The number of carbonyl (C=O) groups excluding carboxylic acids is 2. The molecule has 0 fully saturated rings. The number of amides is 2. The van der Waals surface area contributed by atoms with E-state index in [-0.39, 0.29) is 12.1 Å². The first-order chi connectivity index (χ1) is 14.5. The van der Waals surface area contributed by atoms with Gasteiger partial charge < -0.3 is 15.0 Å². The number of nitrogens with one attached hydrogen (secondary N) is 1. The second kappa shape index (κ2) is 10.3. The van der Waals surface area contributed by atoms with E-state index >= 15 is 0 Å². The van der Waals surface area contributed by atoms with Gasteiger partial charge in [-0.3, -0.25) is 9.78 Å². The second-order valence-electron chi connectivity index (χ2n) is 7.95. The van der Waals surface area contributed by atoms with Gasteiger partial charge in [0.05, 0.1) is 12.1 Å². The van der Waals surface area contributed by atoms with Crippen LogP contribution < -0.4 is 5.32 Å². The first-order valence-corrected chi connectivity index (χ1v) is 9.78. The fraction of sp³-hybridized carbons (Fsp3) is 0.409. The fourth-order valence-corrected chi connectivity index (χ4v) is 2.66. The summed E-state index contributed by atoms with van der Waals surface area (Å²) in [6, 6.07) is 7.62. The molecule has 1 heterocycles. The average molecular weight is 437 g/mol. The molecule has 0 aliphatic heterocycles. The Labute approximate surface area is 179 Å². The van der Waals surface area contributed by atoms with E-state index in [0.717, 1.165) is 29.8 Å². The smallest absolute Gasteiger partial charge is 0.416 e. The van der Waals surface area contributed by atoms with Crippen molar-refractivity contribution >= 4 is 12.0 Å². The summed E-state index contributed by atoms with van der Waals surface area (Å²) in [6.45, 7) is 6.19. The Morgan fingerprint density at radius 2 is 1.77 bits per heavy atom. The number of benzene rings is 1. The molecule has 2 amide bonds. The lowest BCUT2D eigenvalue weighted by atomic mass is 10.1. The van der Waals surface area contributed by atoms with Crippen LogP contribution in [0.1, 0.15) is 48.7 Å². The zero-order valence-electron chi connectivity index (χ0n) is 17.7. The van der Waals surface area contributed by atoms with Gasteiger partial charge in [-0.15, -0.1) is 0 Å². The van der Waals surface area contributed by atoms with E-state index in [1.807, 2.05) is 6.07 Å². The molecule has 31 heavy (non-hydrogen) atoms. The van der Waals surface area contributed by atoms with Crippen LogP contribution in [0.5, 0.6) is 0 Å². The van der Waals surface area contributed by atoms with E-state index in [1.54, 1.807) is 39.2 Å². The summed E-state index contributed by atoms with van der Waals surface area (Å²) < 4.78 is 43.3. The Hall–Kier alpha value is -3.10. The van der Waals surface area contributed by atoms with Gasteiger partial charge in [-0.05, 0) is 63.1 Å². The minimum Gasteiger partial charge on any atom is -0.444 e. The number of nitrogens with zero attached hydrogens (tertiary/aromatic N) is 2. The number of alkyl halides is 3. The van der Waals surface area contributed by atoms with Crippen LogP contribution in [0.25, 0.3) is 0 Å². The Bertz CT molecular complexity index is 864. The molecule has 0 saturated heterocycles. The topological polar surface area (TPSA) is 71.5 Å². The number of hydrogen-bond acceptors (Lipinski definition) is 4. The van der Waals surface area contributed by atoms with Crippen LogP contribution in [0.15, 0.2) is 48.8 Å². The molecule has 0 atom stereocenters. The van der Waals surface area contributed by atoms with Crippen LogP contribution in [-0.4, -0.2) is 40.6 Å². The Balaban J connectivity index is 1.90. The lowest BCUT2D eigenvalue weighted by Gasteiger charge is -2.27. The average Bonchev–Trinajstić information content (AvgIpc) is 2.69. The number of aromatic nitrogens is 1. The van der Waals surface area contributed by atoms with Crippen molar-refractivity contribution in [3.8, 4) is 0 Å². The van der Waals surface area contributed by atoms with Gasteiger partial charge in [-0.1, -0.05) is 6.07 Å². The Morgan fingerprint density at radius 1 is 1.10 bits per heavy atom. The Kier molecular flexibility index (Phi) is 8.01. The van der Waals surface area contributed by atoms with Crippen molar-refractivity contribution in [3.05, 3.63) is 65.5 Å². The number of rotatable bonds is 7. The number of pyridine rings is 1. The molecule has 2 rings (SSSR count). The second-order valence-corrected chi connectivity index (χ2v) is 7.95. The predicted molar refractivity (Wildman–Crippen MR) is 109 cm³/mol. The first kappa shape index (κ1) is 24.2. The van der Waals surface area contributed by atoms with Gasteiger partial charge in [-0.2, -0.15) is 13.2 Å². The molecule has 0 saturated carbocycles. The van der Waals surface area contributed by atoms with Gasteiger partial charge in [0.1, 0.15) is 5.60 Å². The minimum absolute atomic E-state index is 0.132. The summed E-state index contributed by atoms with van der Waals surface area (Å²) in [7, 11) is 0. The molecule has 0 bridgehead atoms. The highest BCUT2D eigenvalue weighted by atomic mass is 19.4. The molecule has 9 heteroatoms. The van der Waals surface area contributed by atoms with Crippen molar-refractivity contribution in [3.63, 3.8) is 0 Å². The van der Waals surface area contributed by atoms with Gasteiger partial charge in [-0.25, -0.2) is 4.79 Å². The molecule has 2 aromatic rings. The lowest BCUT2D eigenvalue weighted by molar-refractivity contribution is -0.137. The summed E-state index contributed by atoms with van der Waals surface area (Å²) in [5.74, 6) is -0.482. The minimum atomic E-state index is -4.45. The van der Waals surface area contributed by atoms with E-state index in [4.69, 9.17) is 4.74 Å². The molecular weight excluding hydrogens is 411 g/mol. The van der Waals surface area contributed by atoms with Gasteiger partial charge >= 0.3 is 12.3 Å². The third kappa shape index (κ3) is 8.27. The molecule has 6 nitrogen and oxygen atoms in total. The highest BCUT2D eigenvalue weighted by Crippen LogP contribution is 2.29. The van der Waals surface area contributed by atoms with E-state index in [0.29, 0.717) is 19.5 Å². The normalized spacial score (nSPS) is 11.7. The van der Waals surface area contributed by atoms with E-state index in [1.165, 1.54) is 4.90 Å². The summed E-state index contributed by atoms with van der Waals surface area (Å²) in [5, 5.41) is 2.65. The van der Waals surface area contributed by atoms with Gasteiger partial charge in [0.25, 0.3) is 5.91 Å². The highest BCUT2D eigenvalue weighted by Gasteiger charge is 2.30. The quantitative estimate of drug-likeness (QED) is 0.640. The highest BCUT2D eigenvalue weighted by molar-refractivity contribution is 5.94. The van der Waals surface area contributed by atoms with Crippen LogP contribution in [0, 0.1) is 0 Å². The fourth-order valence-electron chi connectivity index (χ4n) is 2.66. The molecular formula is C22H26F3N3O3. The molecule has 0 unspecified atom stereocenters. The van der Waals surface area contributed by atoms with Crippen molar-refractivity contribution in [1.82, 2.24) is 15.2 Å². The Morgan fingerprint density at radius 3 is 2.32 bits per heavy atom. The molecule has 1 N–H and O–H groups in total. The summed E-state index contributed by atoms with van der Waals surface area (Å²) in [5.41, 5.74) is -0.497. The summed E-state index contributed by atoms with van der Waals surface area (Å²) in [4.78, 5) is 30.2. The number of carbonyl (C=O) groups is 2. The SMILES string of the molecule is CC(C)(C)OC(=O)N(CCCNC(=O)c1ccc(C(F)(F)F)cc1)Cc1cccnc1. The largest absolute Gasteiger partial charge is 0.444 e. The van der Waals surface area contributed by atoms with Crippen molar-refractivity contribution < 1.29 is 27.5 Å². The van der Waals surface area contributed by atoms with Crippen molar-refractivity contribution in [1.29, 1.82) is 0 Å². The van der Waals surface area contributed by atoms with Crippen LogP contribution in [0.3, 0.4) is 0 Å². The zero-order chi connectivity index (χ0) is 23.1. The molecule has 0 aliphatic rings. The number of halogens is 3. The van der Waals surface area contributed by atoms with Gasteiger partial charge in [0, 0.05) is 31.0 Å². The monoisotopic (exact) mass is 437 g/mol. The number of hydrogen-bond donors (Lipinski definition) is 1. The van der Waals surface area contributed by atoms with Gasteiger partial charge in [0.2, 0.25) is 0 Å². The summed E-state index contributed by atoms with van der Waals surface area (Å²) in [6.07, 6.45) is -1.20. The van der Waals surface area contributed by atoms with E-state index in [9.17, 15) is 22.8 Å². The van der Waals surface area contributed by atoms with Crippen LogP contribution in [0.2, 0.25) is 0 Å². The predicted octanol–water partition coefficient (Wildman–Crippen LogP) is 4.66. The molecule has 0 radical (unpaired) electrons. The maximum absolute atomic E-state index is 12.6. The molecule has 0 spiro atoms. The third-order valence-electron chi connectivity index (χ3n) is 4.11. The molecule has 1 aromatic carbocycles. The standard InChI is InChI=1S/C22H26F3N3O3/c1-21(2,3)31-20(30)28(15-16-6-4-11-26-14-16)13-5-12-27-19(29)17-7-9-18(10-8-17)22(23,24)25/h4,6-11,14H,5,12-13,15H2,1-3H3,(H,27,29). The molecule has 1 aromatic heterocycles. The third-order valence-corrected chi connectivity index (χ3v) is 4.11. The van der Waals surface area contributed by atoms with Crippen molar-refractivity contribution in [2.24, 2.45) is 0 Å². The van der Waals surface area contributed by atoms with Crippen LogP contribution in [-0.2, 0) is 17.5 Å².